The number of anilines is 1. The molecule has 5 rings (SSSR count). The van der Waals surface area contributed by atoms with Gasteiger partial charge in [0, 0.05) is 36.3 Å². The highest BCUT2D eigenvalue weighted by atomic mass is 16.5. The van der Waals surface area contributed by atoms with Gasteiger partial charge in [-0.1, -0.05) is 41.6 Å². The monoisotopic (exact) mass is 387 g/mol. The third-order valence-electron chi connectivity index (χ3n) is 5.52. The van der Waals surface area contributed by atoms with Crippen LogP contribution in [-0.4, -0.2) is 28.4 Å². The van der Waals surface area contributed by atoms with Gasteiger partial charge in [0.05, 0.1) is 0 Å². The standard InChI is InChI=1S/C23H21N3O3/c27-22(20-13-21(29-25-20)16-4-2-1-3-5-16)24-19-9-8-15-10-11-26(14-18(15)12-19)23(28)17-6-7-17/h1-5,8-9,12-13,17H,6-7,10-11,14H2,(H,24,27). The molecular weight excluding hydrogens is 366 g/mol. The van der Waals surface area contributed by atoms with Crippen molar-refractivity contribution in [3.05, 3.63) is 71.4 Å². The van der Waals surface area contributed by atoms with Gasteiger partial charge in [-0.2, -0.15) is 0 Å². The predicted molar refractivity (Wildman–Crippen MR) is 108 cm³/mol. The van der Waals surface area contributed by atoms with Crippen LogP contribution in [-0.2, 0) is 17.8 Å². The smallest absolute Gasteiger partial charge is 0.277 e. The predicted octanol–water partition coefficient (Wildman–Crippen LogP) is 3.89. The lowest BCUT2D eigenvalue weighted by molar-refractivity contribution is -0.133. The van der Waals surface area contributed by atoms with E-state index in [-0.39, 0.29) is 23.4 Å². The zero-order valence-electron chi connectivity index (χ0n) is 15.9. The summed E-state index contributed by atoms with van der Waals surface area (Å²) in [6, 6.07) is 17.1. The number of carbonyl (C=O) groups excluding carboxylic acids is 2. The van der Waals surface area contributed by atoms with E-state index in [2.05, 4.69) is 10.5 Å². The van der Waals surface area contributed by atoms with Crippen LogP contribution >= 0.6 is 0 Å². The number of aromatic nitrogens is 1. The summed E-state index contributed by atoms with van der Waals surface area (Å²) in [6.45, 7) is 1.38. The molecule has 2 heterocycles. The highest BCUT2D eigenvalue weighted by molar-refractivity contribution is 6.03. The molecule has 2 aromatic carbocycles. The third kappa shape index (κ3) is 3.66. The maximum absolute atomic E-state index is 12.6. The van der Waals surface area contributed by atoms with Gasteiger partial charge < -0.3 is 14.7 Å². The highest BCUT2D eigenvalue weighted by Gasteiger charge is 2.34. The first-order valence-corrected chi connectivity index (χ1v) is 9.91. The Morgan fingerprint density at radius 2 is 1.86 bits per heavy atom. The fourth-order valence-electron chi connectivity index (χ4n) is 3.73. The Morgan fingerprint density at radius 1 is 1.03 bits per heavy atom. The van der Waals surface area contributed by atoms with E-state index in [0.29, 0.717) is 18.0 Å². The van der Waals surface area contributed by atoms with E-state index >= 15 is 0 Å². The van der Waals surface area contributed by atoms with E-state index in [1.54, 1.807) is 6.07 Å². The summed E-state index contributed by atoms with van der Waals surface area (Å²) in [5.74, 6) is 0.722. The Hall–Kier alpha value is -3.41. The second-order valence-corrected chi connectivity index (χ2v) is 7.66. The van der Waals surface area contributed by atoms with Crippen molar-refractivity contribution in [3.8, 4) is 11.3 Å². The molecule has 6 nitrogen and oxygen atoms in total. The van der Waals surface area contributed by atoms with E-state index in [4.69, 9.17) is 4.52 Å². The maximum Gasteiger partial charge on any atom is 0.277 e. The molecule has 2 aliphatic rings. The molecule has 0 saturated heterocycles. The minimum absolute atomic E-state index is 0.227. The van der Waals surface area contributed by atoms with Gasteiger partial charge in [0.2, 0.25) is 5.91 Å². The molecule has 1 saturated carbocycles. The molecule has 3 aromatic rings. The molecule has 0 unspecified atom stereocenters. The van der Waals surface area contributed by atoms with Gasteiger partial charge in [-0.3, -0.25) is 9.59 Å². The van der Waals surface area contributed by atoms with Crippen molar-refractivity contribution < 1.29 is 14.1 Å². The van der Waals surface area contributed by atoms with Gasteiger partial charge in [0.15, 0.2) is 11.5 Å². The van der Waals surface area contributed by atoms with Crippen LogP contribution in [0.25, 0.3) is 11.3 Å². The van der Waals surface area contributed by atoms with Crippen molar-refractivity contribution >= 4 is 17.5 Å². The first kappa shape index (κ1) is 17.7. The lowest BCUT2D eigenvalue weighted by Crippen LogP contribution is -2.36. The van der Waals surface area contributed by atoms with Crippen LogP contribution in [0.1, 0.15) is 34.5 Å². The Balaban J connectivity index is 1.30. The molecule has 29 heavy (non-hydrogen) atoms. The molecule has 2 amide bonds. The summed E-state index contributed by atoms with van der Waals surface area (Å²) in [6.07, 6.45) is 2.88. The number of carbonyl (C=O) groups is 2. The molecule has 1 aliphatic heterocycles. The van der Waals surface area contributed by atoms with E-state index in [0.717, 1.165) is 36.9 Å². The molecule has 1 fully saturated rings. The third-order valence-corrected chi connectivity index (χ3v) is 5.52. The van der Waals surface area contributed by atoms with Crippen molar-refractivity contribution in [2.75, 3.05) is 11.9 Å². The fourth-order valence-corrected chi connectivity index (χ4v) is 3.73. The summed E-state index contributed by atoms with van der Waals surface area (Å²) in [4.78, 5) is 26.9. The van der Waals surface area contributed by atoms with Gasteiger partial charge in [-0.15, -0.1) is 0 Å². The largest absolute Gasteiger partial charge is 0.355 e. The van der Waals surface area contributed by atoms with Gasteiger partial charge >= 0.3 is 0 Å². The zero-order valence-corrected chi connectivity index (χ0v) is 15.9. The summed E-state index contributed by atoms with van der Waals surface area (Å²) in [5.41, 5.74) is 4.11. The van der Waals surface area contributed by atoms with Crippen LogP contribution in [0.2, 0.25) is 0 Å². The lowest BCUT2D eigenvalue weighted by atomic mass is 9.98. The number of amides is 2. The SMILES string of the molecule is O=C(Nc1ccc2c(c1)CN(C(=O)C1CC1)CC2)c1cc(-c2ccccc2)on1. The fraction of sp³-hybridized carbons (Fsp3) is 0.261. The minimum Gasteiger partial charge on any atom is -0.355 e. The summed E-state index contributed by atoms with van der Waals surface area (Å²) in [7, 11) is 0. The van der Waals surface area contributed by atoms with Crippen molar-refractivity contribution in [2.45, 2.75) is 25.8 Å². The summed E-state index contributed by atoms with van der Waals surface area (Å²) < 4.78 is 5.31. The van der Waals surface area contributed by atoms with Crippen LogP contribution in [0.4, 0.5) is 5.69 Å². The van der Waals surface area contributed by atoms with E-state index < -0.39 is 0 Å². The average Bonchev–Trinajstić information content (AvgIpc) is 3.49. The topological polar surface area (TPSA) is 75.4 Å². The Labute approximate surface area is 168 Å². The number of fused-ring (bicyclic) bond motifs is 1. The molecule has 1 aromatic heterocycles. The molecule has 1 aliphatic carbocycles. The average molecular weight is 387 g/mol. The van der Waals surface area contributed by atoms with E-state index in [9.17, 15) is 9.59 Å². The summed E-state index contributed by atoms with van der Waals surface area (Å²) >= 11 is 0. The zero-order chi connectivity index (χ0) is 19.8. The molecular formula is C23H21N3O3. The molecule has 0 radical (unpaired) electrons. The highest BCUT2D eigenvalue weighted by Crippen LogP contribution is 2.33. The van der Waals surface area contributed by atoms with Crippen molar-refractivity contribution in [3.63, 3.8) is 0 Å². The van der Waals surface area contributed by atoms with Crippen LogP contribution < -0.4 is 5.32 Å². The Bertz CT molecular complexity index is 1070. The molecule has 1 N–H and O–H groups in total. The van der Waals surface area contributed by atoms with Gasteiger partial charge in [0.1, 0.15) is 0 Å². The van der Waals surface area contributed by atoms with Crippen molar-refractivity contribution in [2.24, 2.45) is 5.92 Å². The van der Waals surface area contributed by atoms with Crippen molar-refractivity contribution in [1.29, 1.82) is 0 Å². The molecule has 0 bridgehead atoms. The Morgan fingerprint density at radius 3 is 2.66 bits per heavy atom. The number of rotatable bonds is 4. The molecule has 0 atom stereocenters. The normalized spacial score (nSPS) is 15.7. The quantitative estimate of drug-likeness (QED) is 0.737. The maximum atomic E-state index is 12.6. The van der Waals surface area contributed by atoms with E-state index in [1.807, 2.05) is 53.4 Å². The van der Waals surface area contributed by atoms with Gasteiger partial charge in [-0.05, 0) is 42.5 Å². The minimum atomic E-state index is -0.322. The van der Waals surface area contributed by atoms with Crippen LogP contribution in [0.5, 0.6) is 0 Å². The van der Waals surface area contributed by atoms with Crippen LogP contribution in [0.15, 0.2) is 59.1 Å². The number of nitrogens with one attached hydrogen (secondary N) is 1. The van der Waals surface area contributed by atoms with Crippen LogP contribution in [0.3, 0.4) is 0 Å². The van der Waals surface area contributed by atoms with Gasteiger partial charge in [-0.25, -0.2) is 0 Å². The van der Waals surface area contributed by atoms with Gasteiger partial charge in [0.25, 0.3) is 5.91 Å². The first-order valence-electron chi connectivity index (χ1n) is 9.91. The number of hydrogen-bond acceptors (Lipinski definition) is 4. The molecule has 0 spiro atoms. The number of nitrogens with zero attached hydrogens (tertiary/aromatic N) is 2. The van der Waals surface area contributed by atoms with E-state index in [1.165, 1.54) is 5.56 Å². The number of hydrogen-bond donors (Lipinski definition) is 1. The Kier molecular flexibility index (Phi) is 4.39. The second kappa shape index (κ2) is 7.20. The van der Waals surface area contributed by atoms with Crippen LogP contribution in [0, 0.1) is 5.92 Å². The number of benzene rings is 2. The second-order valence-electron chi connectivity index (χ2n) is 7.66. The summed E-state index contributed by atoms with van der Waals surface area (Å²) in [5, 5.41) is 6.79. The first-order chi connectivity index (χ1) is 14.2. The van der Waals surface area contributed by atoms with Crippen molar-refractivity contribution in [1.82, 2.24) is 10.1 Å². The lowest BCUT2D eigenvalue weighted by Gasteiger charge is -2.29. The molecule has 146 valence electrons. The molecule has 6 heteroatoms.